The molecule has 1 atom stereocenters. The summed E-state index contributed by atoms with van der Waals surface area (Å²) >= 11 is 0. The van der Waals surface area contributed by atoms with Crippen molar-refractivity contribution in [1.29, 1.82) is 0 Å². The highest BCUT2D eigenvalue weighted by atomic mass is 16.5. The average molecular weight is 326 g/mol. The van der Waals surface area contributed by atoms with Crippen LogP contribution in [0.3, 0.4) is 0 Å². The third kappa shape index (κ3) is 3.08. The molecule has 0 radical (unpaired) electrons. The molecule has 1 aromatic heterocycles. The van der Waals surface area contributed by atoms with Crippen LogP contribution in [-0.2, 0) is 4.79 Å². The molecule has 3 rings (SSSR count). The van der Waals surface area contributed by atoms with Gasteiger partial charge in [-0.15, -0.1) is 0 Å². The summed E-state index contributed by atoms with van der Waals surface area (Å²) in [6, 6.07) is 8.45. The standard InChI is InChI=1S/C18H18N2O4/c1-24-15-6-4-12(5-7-15)13-9-14(11-19-10-13)17(21)20-8-2-3-16(20)18(22)23/h4-7,9-11,16H,2-3,8H2,1H3,(H,22,23). The monoisotopic (exact) mass is 326 g/mol. The lowest BCUT2D eigenvalue weighted by Gasteiger charge is -2.21. The van der Waals surface area contributed by atoms with Gasteiger partial charge < -0.3 is 14.7 Å². The Hall–Kier alpha value is -2.89. The molecule has 2 aromatic rings. The van der Waals surface area contributed by atoms with Crippen LogP contribution in [0.25, 0.3) is 11.1 Å². The van der Waals surface area contributed by atoms with E-state index < -0.39 is 12.0 Å². The summed E-state index contributed by atoms with van der Waals surface area (Å²) in [5, 5.41) is 9.24. The van der Waals surface area contributed by atoms with Crippen LogP contribution >= 0.6 is 0 Å². The second-order valence-electron chi connectivity index (χ2n) is 5.69. The quantitative estimate of drug-likeness (QED) is 0.933. The van der Waals surface area contributed by atoms with E-state index in [9.17, 15) is 14.7 Å². The molecule has 1 N–H and O–H groups in total. The number of pyridine rings is 1. The normalized spacial score (nSPS) is 16.9. The predicted octanol–water partition coefficient (Wildman–Crippen LogP) is 2.45. The fraction of sp³-hybridized carbons (Fsp3) is 0.278. The molecule has 1 aromatic carbocycles. The Morgan fingerprint density at radius 1 is 1.21 bits per heavy atom. The fourth-order valence-corrected chi connectivity index (χ4v) is 2.93. The van der Waals surface area contributed by atoms with Crippen LogP contribution in [0.2, 0.25) is 0 Å². The van der Waals surface area contributed by atoms with Crippen molar-refractivity contribution in [2.24, 2.45) is 0 Å². The number of carbonyl (C=O) groups is 2. The number of carboxylic acids is 1. The van der Waals surface area contributed by atoms with Crippen molar-refractivity contribution in [3.8, 4) is 16.9 Å². The van der Waals surface area contributed by atoms with Crippen LogP contribution < -0.4 is 4.74 Å². The third-order valence-corrected chi connectivity index (χ3v) is 4.21. The van der Waals surface area contributed by atoms with Gasteiger partial charge >= 0.3 is 5.97 Å². The van der Waals surface area contributed by atoms with Crippen molar-refractivity contribution >= 4 is 11.9 Å². The number of nitrogens with zero attached hydrogens (tertiary/aromatic N) is 2. The lowest BCUT2D eigenvalue weighted by atomic mass is 10.1. The number of amides is 1. The van der Waals surface area contributed by atoms with E-state index in [4.69, 9.17) is 4.74 Å². The molecule has 124 valence electrons. The summed E-state index contributed by atoms with van der Waals surface area (Å²) in [5.74, 6) is -0.497. The van der Waals surface area contributed by atoms with Gasteiger partial charge in [0.15, 0.2) is 0 Å². The first-order valence-electron chi connectivity index (χ1n) is 7.73. The van der Waals surface area contributed by atoms with Gasteiger partial charge in [-0.3, -0.25) is 9.78 Å². The zero-order chi connectivity index (χ0) is 17.1. The molecule has 0 saturated carbocycles. The summed E-state index contributed by atoms with van der Waals surface area (Å²) in [5.41, 5.74) is 2.11. The van der Waals surface area contributed by atoms with Crippen molar-refractivity contribution in [1.82, 2.24) is 9.88 Å². The van der Waals surface area contributed by atoms with Crippen molar-refractivity contribution < 1.29 is 19.4 Å². The van der Waals surface area contributed by atoms with Gasteiger partial charge in [-0.25, -0.2) is 4.79 Å². The number of hydrogen-bond acceptors (Lipinski definition) is 4. The van der Waals surface area contributed by atoms with E-state index in [-0.39, 0.29) is 5.91 Å². The first-order chi connectivity index (χ1) is 11.6. The summed E-state index contributed by atoms with van der Waals surface area (Å²) in [6.07, 6.45) is 4.35. The van der Waals surface area contributed by atoms with Gasteiger partial charge in [-0.2, -0.15) is 0 Å². The van der Waals surface area contributed by atoms with Gasteiger partial charge in [-0.1, -0.05) is 12.1 Å². The number of ether oxygens (including phenoxy) is 1. The molecule has 1 aliphatic rings. The van der Waals surface area contributed by atoms with Crippen molar-refractivity contribution in [2.75, 3.05) is 13.7 Å². The summed E-state index contributed by atoms with van der Waals surface area (Å²) in [6.45, 7) is 0.461. The molecule has 1 aliphatic heterocycles. The third-order valence-electron chi connectivity index (χ3n) is 4.21. The van der Waals surface area contributed by atoms with Gasteiger partial charge in [0.05, 0.1) is 12.7 Å². The number of methoxy groups -OCH3 is 1. The Kier molecular flexibility index (Phi) is 4.46. The van der Waals surface area contributed by atoms with E-state index >= 15 is 0 Å². The highest BCUT2D eigenvalue weighted by molar-refractivity contribution is 5.97. The first-order valence-corrected chi connectivity index (χ1v) is 7.73. The van der Waals surface area contributed by atoms with E-state index in [1.54, 1.807) is 19.4 Å². The topological polar surface area (TPSA) is 79.7 Å². The number of likely N-dealkylation sites (tertiary alicyclic amines) is 1. The SMILES string of the molecule is COc1ccc(-c2cncc(C(=O)N3CCCC3C(=O)O)c2)cc1. The maximum absolute atomic E-state index is 12.6. The largest absolute Gasteiger partial charge is 0.497 e. The molecule has 2 heterocycles. The van der Waals surface area contributed by atoms with Crippen LogP contribution in [0.4, 0.5) is 0 Å². The van der Waals surface area contributed by atoms with Crippen LogP contribution in [0.15, 0.2) is 42.7 Å². The minimum atomic E-state index is -0.958. The molecule has 1 amide bonds. The number of aromatic nitrogens is 1. The average Bonchev–Trinajstić information content (AvgIpc) is 3.11. The second-order valence-corrected chi connectivity index (χ2v) is 5.69. The molecule has 1 saturated heterocycles. The Morgan fingerprint density at radius 2 is 1.96 bits per heavy atom. The lowest BCUT2D eigenvalue weighted by molar-refractivity contribution is -0.141. The molecule has 1 fully saturated rings. The summed E-state index contributed by atoms with van der Waals surface area (Å²) in [7, 11) is 1.60. The molecule has 0 bridgehead atoms. The molecule has 6 heteroatoms. The maximum Gasteiger partial charge on any atom is 0.326 e. The van der Waals surface area contributed by atoms with Gasteiger partial charge in [0.2, 0.25) is 0 Å². The number of benzene rings is 1. The Balaban J connectivity index is 1.87. The summed E-state index contributed by atoms with van der Waals surface area (Å²) in [4.78, 5) is 29.5. The van der Waals surface area contributed by atoms with E-state index in [0.717, 1.165) is 16.9 Å². The Labute approximate surface area is 139 Å². The molecule has 0 aliphatic carbocycles. The van der Waals surface area contributed by atoms with Gasteiger partial charge in [0, 0.05) is 24.5 Å². The van der Waals surface area contributed by atoms with Crippen LogP contribution in [-0.4, -0.2) is 46.6 Å². The first kappa shape index (κ1) is 16.0. The second kappa shape index (κ2) is 6.70. The van der Waals surface area contributed by atoms with Gasteiger partial charge in [0.25, 0.3) is 5.91 Å². The van der Waals surface area contributed by atoms with Crippen LogP contribution in [0, 0.1) is 0 Å². The Morgan fingerprint density at radius 3 is 2.62 bits per heavy atom. The number of aliphatic carboxylic acids is 1. The summed E-state index contributed by atoms with van der Waals surface area (Å²) < 4.78 is 5.14. The lowest BCUT2D eigenvalue weighted by Crippen LogP contribution is -2.40. The predicted molar refractivity (Wildman–Crippen MR) is 87.9 cm³/mol. The minimum absolute atomic E-state index is 0.289. The van der Waals surface area contributed by atoms with Crippen molar-refractivity contribution in [3.63, 3.8) is 0 Å². The molecular formula is C18H18N2O4. The highest BCUT2D eigenvalue weighted by Crippen LogP contribution is 2.25. The minimum Gasteiger partial charge on any atom is -0.497 e. The molecule has 24 heavy (non-hydrogen) atoms. The molecular weight excluding hydrogens is 308 g/mol. The van der Waals surface area contributed by atoms with E-state index in [1.165, 1.54) is 11.1 Å². The van der Waals surface area contributed by atoms with E-state index in [0.29, 0.717) is 24.9 Å². The smallest absolute Gasteiger partial charge is 0.326 e. The van der Waals surface area contributed by atoms with Crippen LogP contribution in [0.1, 0.15) is 23.2 Å². The van der Waals surface area contributed by atoms with Gasteiger partial charge in [-0.05, 0) is 36.6 Å². The van der Waals surface area contributed by atoms with Crippen molar-refractivity contribution in [3.05, 3.63) is 48.3 Å². The van der Waals surface area contributed by atoms with E-state index in [1.807, 2.05) is 24.3 Å². The number of rotatable bonds is 4. The fourth-order valence-electron chi connectivity index (χ4n) is 2.93. The molecule has 6 nitrogen and oxygen atoms in total. The zero-order valence-corrected chi connectivity index (χ0v) is 13.3. The number of carboxylic acid groups (broad SMARTS) is 1. The molecule has 0 spiro atoms. The molecule has 1 unspecified atom stereocenters. The number of carbonyl (C=O) groups excluding carboxylic acids is 1. The van der Waals surface area contributed by atoms with Crippen molar-refractivity contribution in [2.45, 2.75) is 18.9 Å². The zero-order valence-electron chi connectivity index (χ0n) is 13.3. The maximum atomic E-state index is 12.6. The van der Waals surface area contributed by atoms with Gasteiger partial charge in [0.1, 0.15) is 11.8 Å². The van der Waals surface area contributed by atoms with Crippen LogP contribution in [0.5, 0.6) is 5.75 Å². The highest BCUT2D eigenvalue weighted by Gasteiger charge is 2.34. The number of hydrogen-bond donors (Lipinski definition) is 1. The Bertz CT molecular complexity index is 758. The van der Waals surface area contributed by atoms with E-state index in [2.05, 4.69) is 4.98 Å².